The molecule has 0 N–H and O–H groups in total. The minimum absolute atomic E-state index is 0.278. The molecule has 18 heavy (non-hydrogen) atoms. The van der Waals surface area contributed by atoms with Crippen LogP contribution in [0.15, 0.2) is 60.7 Å². The molecule has 3 nitrogen and oxygen atoms in total. The number of hydrogen-bond acceptors (Lipinski definition) is 3. The SMILES string of the molecule is O=C(c1ccccc1)[S+]([O-])C(=O)c1ccccc1. The van der Waals surface area contributed by atoms with Crippen molar-refractivity contribution in [1.29, 1.82) is 0 Å². The fourth-order valence-corrected chi connectivity index (χ4v) is 2.32. The zero-order valence-corrected chi connectivity index (χ0v) is 10.2. The van der Waals surface area contributed by atoms with E-state index in [-0.39, 0.29) is 11.1 Å². The van der Waals surface area contributed by atoms with E-state index in [1.165, 1.54) is 0 Å². The van der Waals surface area contributed by atoms with E-state index in [4.69, 9.17) is 0 Å². The molecule has 0 aliphatic heterocycles. The Morgan fingerprint density at radius 1 is 0.722 bits per heavy atom. The first kappa shape index (κ1) is 12.5. The van der Waals surface area contributed by atoms with E-state index in [0.717, 1.165) is 0 Å². The quantitative estimate of drug-likeness (QED) is 0.777. The maximum Gasteiger partial charge on any atom is 0.368 e. The molecule has 0 unspecified atom stereocenters. The summed E-state index contributed by atoms with van der Waals surface area (Å²) < 4.78 is 11.9. The van der Waals surface area contributed by atoms with Crippen LogP contribution in [0.5, 0.6) is 0 Å². The third-order valence-corrected chi connectivity index (χ3v) is 3.50. The molecule has 0 aromatic heterocycles. The molecule has 0 radical (unpaired) electrons. The zero-order valence-electron chi connectivity index (χ0n) is 9.41. The van der Waals surface area contributed by atoms with Crippen molar-refractivity contribution in [3.05, 3.63) is 71.8 Å². The maximum absolute atomic E-state index is 11.9. The highest BCUT2D eigenvalue weighted by atomic mass is 32.2. The van der Waals surface area contributed by atoms with Gasteiger partial charge in [0.2, 0.25) is 0 Å². The van der Waals surface area contributed by atoms with Crippen molar-refractivity contribution in [2.45, 2.75) is 0 Å². The van der Waals surface area contributed by atoms with Crippen LogP contribution in [0.1, 0.15) is 20.7 Å². The largest absolute Gasteiger partial charge is 0.601 e. The number of carbonyl (C=O) groups is 2. The van der Waals surface area contributed by atoms with Gasteiger partial charge in [0.05, 0.1) is 11.1 Å². The van der Waals surface area contributed by atoms with Crippen molar-refractivity contribution in [3.8, 4) is 0 Å². The lowest BCUT2D eigenvalue weighted by Gasteiger charge is -2.06. The molecule has 0 saturated heterocycles. The van der Waals surface area contributed by atoms with Crippen LogP contribution in [0.2, 0.25) is 0 Å². The Balaban J connectivity index is 2.20. The number of rotatable bonds is 2. The molecule has 0 saturated carbocycles. The molecule has 4 heteroatoms. The van der Waals surface area contributed by atoms with Crippen LogP contribution in [-0.4, -0.2) is 14.8 Å². The third kappa shape index (κ3) is 2.67. The highest BCUT2D eigenvalue weighted by molar-refractivity contribution is 8.19. The van der Waals surface area contributed by atoms with Gasteiger partial charge in [0.15, 0.2) is 0 Å². The highest BCUT2D eigenvalue weighted by Gasteiger charge is 2.30. The van der Waals surface area contributed by atoms with Gasteiger partial charge in [-0.1, -0.05) is 36.4 Å². The molecule has 0 atom stereocenters. The Morgan fingerprint density at radius 2 is 1.06 bits per heavy atom. The van der Waals surface area contributed by atoms with E-state index in [1.807, 2.05) is 0 Å². The predicted octanol–water partition coefficient (Wildman–Crippen LogP) is 2.42. The van der Waals surface area contributed by atoms with Gasteiger partial charge in [0.25, 0.3) is 0 Å². The standard InChI is InChI=1S/C14H10O3S/c15-13(11-7-3-1-4-8-11)18(17)14(16)12-9-5-2-6-10-12/h1-10H. The molecule has 90 valence electrons. The van der Waals surface area contributed by atoms with E-state index >= 15 is 0 Å². The summed E-state index contributed by atoms with van der Waals surface area (Å²) in [5.41, 5.74) is 0.556. The van der Waals surface area contributed by atoms with Crippen LogP contribution in [0.4, 0.5) is 0 Å². The van der Waals surface area contributed by atoms with Crippen molar-refractivity contribution in [1.82, 2.24) is 0 Å². The molecule has 0 bridgehead atoms. The Morgan fingerprint density at radius 3 is 1.39 bits per heavy atom. The normalized spacial score (nSPS) is 10.3. The van der Waals surface area contributed by atoms with Gasteiger partial charge in [-0.2, -0.15) is 0 Å². The van der Waals surface area contributed by atoms with E-state index in [1.54, 1.807) is 60.7 Å². The molecule has 0 aliphatic rings. The molecule has 0 heterocycles. The summed E-state index contributed by atoms with van der Waals surface area (Å²) in [6.45, 7) is 0. The average molecular weight is 258 g/mol. The van der Waals surface area contributed by atoms with Crippen molar-refractivity contribution in [2.24, 2.45) is 0 Å². The average Bonchev–Trinajstić information content (AvgIpc) is 2.47. The van der Waals surface area contributed by atoms with Crippen LogP contribution in [0.25, 0.3) is 0 Å². The lowest BCUT2D eigenvalue weighted by atomic mass is 10.2. The fourth-order valence-electron chi connectivity index (χ4n) is 1.45. The summed E-state index contributed by atoms with van der Waals surface area (Å²) >= 11 is -2.19. The highest BCUT2D eigenvalue weighted by Crippen LogP contribution is 2.12. The second-order valence-electron chi connectivity index (χ2n) is 3.58. The summed E-state index contributed by atoms with van der Waals surface area (Å²) in [4.78, 5) is 23.7. The third-order valence-electron chi connectivity index (χ3n) is 2.36. The first-order chi connectivity index (χ1) is 8.70. The van der Waals surface area contributed by atoms with Crippen LogP contribution < -0.4 is 0 Å². The second kappa shape index (κ2) is 5.62. The van der Waals surface area contributed by atoms with Crippen LogP contribution in [0.3, 0.4) is 0 Å². The van der Waals surface area contributed by atoms with Gasteiger partial charge in [-0.15, -0.1) is 0 Å². The van der Waals surface area contributed by atoms with E-state index < -0.39 is 21.4 Å². The van der Waals surface area contributed by atoms with Crippen molar-refractivity contribution >= 4 is 21.4 Å². The van der Waals surface area contributed by atoms with Gasteiger partial charge in [-0.3, -0.25) is 0 Å². The Labute approximate surface area is 108 Å². The summed E-state index contributed by atoms with van der Waals surface area (Å²) in [5, 5.41) is -1.33. The summed E-state index contributed by atoms with van der Waals surface area (Å²) in [6, 6.07) is 16.3. The Kier molecular flexibility index (Phi) is 3.92. The van der Waals surface area contributed by atoms with Crippen molar-refractivity contribution < 1.29 is 14.1 Å². The summed E-state index contributed by atoms with van der Waals surface area (Å²) in [6.07, 6.45) is 0. The van der Waals surface area contributed by atoms with Crippen LogP contribution >= 0.6 is 0 Å². The molecular weight excluding hydrogens is 248 g/mol. The molecule has 0 fully saturated rings. The Bertz CT molecular complexity index is 500. The first-order valence-electron chi connectivity index (χ1n) is 5.30. The smallest absolute Gasteiger partial charge is 0.368 e. The first-order valence-corrected chi connectivity index (χ1v) is 6.45. The molecule has 0 aliphatic carbocycles. The predicted molar refractivity (Wildman–Crippen MR) is 69.7 cm³/mol. The molecule has 2 aromatic rings. The molecule has 2 rings (SSSR count). The zero-order chi connectivity index (χ0) is 13.0. The number of carbonyl (C=O) groups excluding carboxylic acids is 2. The van der Waals surface area contributed by atoms with Crippen molar-refractivity contribution in [3.63, 3.8) is 0 Å². The molecule has 0 spiro atoms. The van der Waals surface area contributed by atoms with Gasteiger partial charge >= 0.3 is 10.2 Å². The van der Waals surface area contributed by atoms with Gasteiger partial charge in [-0.25, -0.2) is 9.59 Å². The minimum Gasteiger partial charge on any atom is -0.601 e. The van der Waals surface area contributed by atoms with Gasteiger partial charge < -0.3 is 4.55 Å². The van der Waals surface area contributed by atoms with E-state index in [9.17, 15) is 14.1 Å². The number of hydrogen-bond donors (Lipinski definition) is 0. The fraction of sp³-hybridized carbons (Fsp3) is 0. The van der Waals surface area contributed by atoms with Gasteiger partial charge in [0, 0.05) is 0 Å². The van der Waals surface area contributed by atoms with E-state index in [2.05, 4.69) is 0 Å². The molecular formula is C14H10O3S. The molecule has 0 amide bonds. The summed E-state index contributed by atoms with van der Waals surface area (Å²) in [7, 11) is 0. The number of benzene rings is 2. The maximum atomic E-state index is 11.9. The van der Waals surface area contributed by atoms with Gasteiger partial charge in [-0.05, 0) is 24.3 Å². The van der Waals surface area contributed by atoms with Crippen LogP contribution in [0, 0.1) is 0 Å². The topological polar surface area (TPSA) is 57.2 Å². The van der Waals surface area contributed by atoms with Gasteiger partial charge in [0.1, 0.15) is 11.2 Å². The lowest BCUT2D eigenvalue weighted by Crippen LogP contribution is -2.24. The van der Waals surface area contributed by atoms with Crippen LogP contribution in [-0.2, 0) is 11.2 Å². The Hall–Kier alpha value is -1.91. The monoisotopic (exact) mass is 258 g/mol. The lowest BCUT2D eigenvalue weighted by molar-refractivity contribution is 0.104. The van der Waals surface area contributed by atoms with E-state index in [0.29, 0.717) is 0 Å². The molecule has 2 aromatic carbocycles. The van der Waals surface area contributed by atoms with Crippen molar-refractivity contribution in [2.75, 3.05) is 0 Å². The minimum atomic E-state index is -2.19. The summed E-state index contributed by atoms with van der Waals surface area (Å²) in [5.74, 6) is 0. The second-order valence-corrected chi connectivity index (χ2v) is 4.85.